The maximum absolute atomic E-state index is 11.9. The van der Waals surface area contributed by atoms with Gasteiger partial charge in [0, 0.05) is 43.2 Å². The predicted molar refractivity (Wildman–Crippen MR) is 125 cm³/mol. The molecule has 1 aromatic heterocycles. The monoisotopic (exact) mass is 451 g/mol. The number of hydrogen-bond acceptors (Lipinski definition) is 8. The van der Waals surface area contributed by atoms with Crippen LogP contribution in [0.15, 0.2) is 52.5 Å². The van der Waals surface area contributed by atoms with Crippen molar-refractivity contribution in [2.75, 3.05) is 24.7 Å². The van der Waals surface area contributed by atoms with Crippen LogP contribution in [0, 0.1) is 12.3 Å². The molecule has 1 unspecified atom stereocenters. The van der Waals surface area contributed by atoms with Gasteiger partial charge in [-0.3, -0.25) is 4.57 Å². The van der Waals surface area contributed by atoms with Crippen LogP contribution in [-0.4, -0.2) is 55.0 Å². The lowest BCUT2D eigenvalue weighted by atomic mass is 10.1. The van der Waals surface area contributed by atoms with Crippen molar-refractivity contribution in [1.82, 2.24) is 20.2 Å². The Morgan fingerprint density at radius 2 is 1.91 bits per heavy atom. The third kappa shape index (κ3) is 3.77. The zero-order valence-electron chi connectivity index (χ0n) is 18.4. The Morgan fingerprint density at radius 1 is 1.19 bits per heavy atom. The number of hydrazone groups is 1. The maximum Gasteiger partial charge on any atom is 0.175 e. The molecule has 9 nitrogen and oxygen atoms in total. The zero-order valence-corrected chi connectivity index (χ0v) is 19.2. The number of hydrogen-bond donors (Lipinski definition) is 2. The van der Waals surface area contributed by atoms with Crippen molar-refractivity contribution in [3.8, 4) is 5.69 Å². The summed E-state index contributed by atoms with van der Waals surface area (Å²) in [7, 11) is -1.59. The van der Waals surface area contributed by atoms with Crippen molar-refractivity contribution < 1.29 is 8.42 Å². The summed E-state index contributed by atoms with van der Waals surface area (Å²) in [6.45, 7) is 4.63. The molecule has 2 heterocycles. The van der Waals surface area contributed by atoms with Gasteiger partial charge >= 0.3 is 0 Å². The largest absolute Gasteiger partial charge is 0.339 e. The molecule has 1 aliphatic heterocycles. The summed E-state index contributed by atoms with van der Waals surface area (Å²) in [6, 6.07) is 12.8. The lowest BCUT2D eigenvalue weighted by Gasteiger charge is -2.27. The summed E-state index contributed by atoms with van der Waals surface area (Å²) in [6.07, 6.45) is 2.41. The molecule has 2 aromatic carbocycles. The van der Waals surface area contributed by atoms with Crippen LogP contribution in [0.5, 0.6) is 0 Å². The molecule has 0 amide bonds. The zero-order chi connectivity index (χ0) is 23.0. The second-order valence-electron chi connectivity index (χ2n) is 7.79. The maximum atomic E-state index is 11.9. The Balaban J connectivity index is 1.93. The normalized spacial score (nSPS) is 16.2. The highest BCUT2D eigenvalue weighted by molar-refractivity contribution is 7.90. The number of anilines is 2. The van der Waals surface area contributed by atoms with Gasteiger partial charge in [-0.15, -0.1) is 10.2 Å². The van der Waals surface area contributed by atoms with E-state index in [2.05, 4.69) is 32.5 Å². The lowest BCUT2D eigenvalue weighted by molar-refractivity contribution is 0.602. The molecule has 0 saturated heterocycles. The number of nitrogens with zero attached hydrogens (tertiary/aromatic N) is 5. The minimum Gasteiger partial charge on any atom is -0.339 e. The molecule has 10 heteroatoms. The first-order valence-corrected chi connectivity index (χ1v) is 12.0. The molecule has 3 aromatic rings. The Kier molecular flexibility index (Phi) is 5.55. The van der Waals surface area contributed by atoms with E-state index in [4.69, 9.17) is 5.41 Å². The fraction of sp³-hybridized carbons (Fsp3) is 0.273. The number of benzene rings is 2. The second kappa shape index (κ2) is 8.19. The Labute approximate surface area is 187 Å². The molecule has 166 valence electrons. The number of fused-ring (bicyclic) bond motifs is 3. The van der Waals surface area contributed by atoms with Crippen molar-refractivity contribution in [2.45, 2.75) is 24.7 Å². The summed E-state index contributed by atoms with van der Waals surface area (Å²) >= 11 is 0. The van der Waals surface area contributed by atoms with E-state index in [1.165, 1.54) is 12.5 Å². The van der Waals surface area contributed by atoms with Gasteiger partial charge in [-0.05, 0) is 43.3 Å². The van der Waals surface area contributed by atoms with Crippen molar-refractivity contribution in [1.29, 1.82) is 5.41 Å². The van der Waals surface area contributed by atoms with Gasteiger partial charge in [0.25, 0.3) is 0 Å². The van der Waals surface area contributed by atoms with E-state index >= 15 is 0 Å². The minimum absolute atomic E-state index is 0.0646. The molecular formula is C22H25N7O2S. The van der Waals surface area contributed by atoms with E-state index in [0.29, 0.717) is 12.3 Å². The van der Waals surface area contributed by atoms with E-state index in [-0.39, 0.29) is 10.8 Å². The van der Waals surface area contributed by atoms with Gasteiger partial charge in [-0.25, -0.2) is 8.42 Å². The number of rotatable bonds is 5. The van der Waals surface area contributed by atoms with Gasteiger partial charge in [0.05, 0.1) is 16.3 Å². The highest BCUT2D eigenvalue weighted by Gasteiger charge is 2.29. The van der Waals surface area contributed by atoms with E-state index < -0.39 is 9.84 Å². The van der Waals surface area contributed by atoms with Crippen molar-refractivity contribution in [3.05, 3.63) is 59.7 Å². The highest BCUT2D eigenvalue weighted by Crippen LogP contribution is 2.39. The van der Waals surface area contributed by atoms with Crippen LogP contribution in [0.25, 0.3) is 5.69 Å². The fourth-order valence-corrected chi connectivity index (χ4v) is 4.59. The average Bonchev–Trinajstić information content (AvgIpc) is 3.10. The molecule has 0 radical (unpaired) electrons. The quantitative estimate of drug-likeness (QED) is 0.455. The van der Waals surface area contributed by atoms with Gasteiger partial charge < -0.3 is 15.7 Å². The van der Waals surface area contributed by atoms with Gasteiger partial charge in [-0.1, -0.05) is 13.0 Å². The standard InChI is InChI=1S/C22H25N7O2S/c1-14-13-28(17-6-8-18(9-7-17)32(4,30)31)21-11-16(19(12-23)26-24-3)5-10-20(21)29-15(2)25-27-22(14)29/h5-12,14,23-24H,13H2,1-4H3/b23-12?,26-19+. The first-order valence-electron chi connectivity index (χ1n) is 10.1. The van der Waals surface area contributed by atoms with Gasteiger partial charge in [0.15, 0.2) is 9.84 Å². The summed E-state index contributed by atoms with van der Waals surface area (Å²) in [5.41, 5.74) is 6.70. The van der Waals surface area contributed by atoms with E-state index in [1.807, 2.05) is 41.8 Å². The first-order chi connectivity index (χ1) is 15.2. The summed E-state index contributed by atoms with van der Waals surface area (Å²) in [5, 5.41) is 20.6. The van der Waals surface area contributed by atoms with Crippen LogP contribution in [0.3, 0.4) is 0 Å². The van der Waals surface area contributed by atoms with Crippen LogP contribution >= 0.6 is 0 Å². The van der Waals surface area contributed by atoms with Crippen LogP contribution in [0.4, 0.5) is 11.4 Å². The van der Waals surface area contributed by atoms with E-state index in [1.54, 1.807) is 19.2 Å². The number of aromatic nitrogens is 3. The van der Waals surface area contributed by atoms with Crippen molar-refractivity contribution in [3.63, 3.8) is 0 Å². The molecule has 0 bridgehead atoms. The first kappa shape index (κ1) is 21.7. The SMILES string of the molecule is CN/N=C(\C=N)c1ccc2c(c1)N(c1ccc(S(C)(=O)=O)cc1)CC(C)c1nnc(C)n1-2. The summed E-state index contributed by atoms with van der Waals surface area (Å²) < 4.78 is 25.9. The number of aryl methyl sites for hydroxylation is 1. The van der Waals surface area contributed by atoms with Crippen molar-refractivity contribution in [2.24, 2.45) is 5.10 Å². The molecule has 0 fully saturated rings. The number of nitrogens with one attached hydrogen (secondary N) is 2. The third-order valence-electron chi connectivity index (χ3n) is 5.50. The molecule has 1 aliphatic rings. The van der Waals surface area contributed by atoms with Gasteiger partial charge in [-0.2, -0.15) is 5.10 Å². The van der Waals surface area contributed by atoms with Crippen LogP contribution in [0.1, 0.15) is 30.1 Å². The van der Waals surface area contributed by atoms with E-state index in [9.17, 15) is 8.42 Å². The lowest BCUT2D eigenvalue weighted by Crippen LogP contribution is -2.22. The van der Waals surface area contributed by atoms with Gasteiger partial charge in [0.1, 0.15) is 17.4 Å². The minimum atomic E-state index is -3.29. The topological polar surface area (TPSA) is 116 Å². The smallest absolute Gasteiger partial charge is 0.175 e. The Morgan fingerprint density at radius 3 is 2.53 bits per heavy atom. The molecule has 4 rings (SSSR count). The van der Waals surface area contributed by atoms with Crippen molar-refractivity contribution >= 4 is 33.1 Å². The summed E-state index contributed by atoms with van der Waals surface area (Å²) in [4.78, 5) is 2.42. The fourth-order valence-electron chi connectivity index (χ4n) is 3.96. The number of sulfone groups is 1. The molecule has 0 saturated carbocycles. The Hall–Kier alpha value is -3.53. The van der Waals surface area contributed by atoms with E-state index in [0.717, 1.165) is 34.3 Å². The molecule has 0 aliphatic carbocycles. The molecule has 32 heavy (non-hydrogen) atoms. The molecule has 0 spiro atoms. The molecule has 2 N–H and O–H groups in total. The third-order valence-corrected chi connectivity index (χ3v) is 6.62. The van der Waals surface area contributed by atoms with Gasteiger partial charge in [0.2, 0.25) is 0 Å². The van der Waals surface area contributed by atoms with Crippen LogP contribution in [-0.2, 0) is 9.84 Å². The van der Waals surface area contributed by atoms with Crippen LogP contribution < -0.4 is 10.3 Å². The summed E-state index contributed by atoms with van der Waals surface area (Å²) in [5.74, 6) is 1.71. The van der Waals surface area contributed by atoms with Crippen LogP contribution in [0.2, 0.25) is 0 Å². The highest BCUT2D eigenvalue weighted by atomic mass is 32.2. The molecule has 1 atom stereocenters. The average molecular weight is 452 g/mol. The Bertz CT molecular complexity index is 1310. The predicted octanol–water partition coefficient (Wildman–Crippen LogP) is 2.81. The second-order valence-corrected chi connectivity index (χ2v) is 9.80. The molecular weight excluding hydrogens is 426 g/mol.